The smallest absolute Gasteiger partial charge is 0.266 e. The summed E-state index contributed by atoms with van der Waals surface area (Å²) in [6.45, 7) is 0. The van der Waals surface area contributed by atoms with Crippen LogP contribution in [0, 0.1) is 0 Å². The van der Waals surface area contributed by atoms with Gasteiger partial charge in [-0.1, -0.05) is 56.2 Å². The van der Waals surface area contributed by atoms with Gasteiger partial charge in [0.1, 0.15) is 5.75 Å². The van der Waals surface area contributed by atoms with E-state index in [1.54, 1.807) is 18.2 Å². The summed E-state index contributed by atoms with van der Waals surface area (Å²) in [5, 5.41) is 10.8. The minimum absolute atomic E-state index is 0.0533. The first-order chi connectivity index (χ1) is 13.6. The number of amides is 1. The Kier molecular flexibility index (Phi) is 6.32. The number of phenols is 1. The number of phenolic OH excluding ortho intramolecular Hbond substituents is 1. The van der Waals surface area contributed by atoms with Crippen molar-refractivity contribution < 1.29 is 9.90 Å². The van der Waals surface area contributed by atoms with Crippen LogP contribution in [0.4, 0.5) is 0 Å². The fourth-order valence-electron chi connectivity index (χ4n) is 4.37. The Hall–Kier alpha value is -1.46. The second kappa shape index (κ2) is 8.91. The van der Waals surface area contributed by atoms with Crippen molar-refractivity contribution in [3.8, 4) is 5.75 Å². The lowest BCUT2D eigenvalue weighted by Crippen LogP contribution is -2.41. The van der Waals surface area contributed by atoms with Crippen LogP contribution in [0.1, 0.15) is 69.8 Å². The van der Waals surface area contributed by atoms with Gasteiger partial charge in [-0.3, -0.25) is 14.7 Å². The van der Waals surface area contributed by atoms with Crippen LogP contribution in [0.25, 0.3) is 6.08 Å². The zero-order valence-corrected chi connectivity index (χ0v) is 17.6. The Bertz CT molecular complexity index is 796. The molecule has 4 rings (SSSR count). The molecule has 150 valence electrons. The molecular weight excluding hydrogens is 392 g/mol. The van der Waals surface area contributed by atoms with Crippen molar-refractivity contribution in [1.82, 2.24) is 4.90 Å². The summed E-state index contributed by atoms with van der Waals surface area (Å²) in [5.74, 6) is 0.119. The predicted octanol–water partition coefficient (Wildman–Crippen LogP) is 5.98. The van der Waals surface area contributed by atoms with Gasteiger partial charge in [0.15, 0.2) is 5.17 Å². The van der Waals surface area contributed by atoms with Gasteiger partial charge >= 0.3 is 0 Å². The number of aliphatic imine (C=N–C) groups is 1. The normalized spacial score (nSPS) is 25.2. The van der Waals surface area contributed by atoms with Crippen LogP contribution >= 0.6 is 23.4 Å². The average molecular weight is 419 g/mol. The van der Waals surface area contributed by atoms with Crippen LogP contribution in [-0.2, 0) is 4.79 Å². The van der Waals surface area contributed by atoms with Crippen molar-refractivity contribution in [2.75, 3.05) is 0 Å². The van der Waals surface area contributed by atoms with E-state index in [9.17, 15) is 9.90 Å². The van der Waals surface area contributed by atoms with Crippen LogP contribution in [0.2, 0.25) is 5.02 Å². The van der Waals surface area contributed by atoms with Gasteiger partial charge in [0.25, 0.3) is 5.91 Å². The lowest BCUT2D eigenvalue weighted by Gasteiger charge is -2.31. The van der Waals surface area contributed by atoms with Crippen molar-refractivity contribution in [2.45, 2.75) is 76.3 Å². The van der Waals surface area contributed by atoms with Gasteiger partial charge in [-0.05, 0) is 61.2 Å². The lowest BCUT2D eigenvalue weighted by atomic mass is 9.94. The van der Waals surface area contributed by atoms with Gasteiger partial charge in [-0.15, -0.1) is 0 Å². The molecule has 1 aromatic carbocycles. The van der Waals surface area contributed by atoms with Crippen LogP contribution in [0.15, 0.2) is 28.1 Å². The average Bonchev–Trinajstić information content (AvgIpc) is 3.01. The summed E-state index contributed by atoms with van der Waals surface area (Å²) in [4.78, 5) is 21.0. The SMILES string of the molecule is O=C1C(=Cc2ccc(O)c(Cl)c2)SC(=NC2CCCCC2)N1C1CCCCC1. The third-order valence-electron chi connectivity index (χ3n) is 5.91. The summed E-state index contributed by atoms with van der Waals surface area (Å²) in [7, 11) is 0. The minimum atomic E-state index is 0.0533. The number of nitrogens with zero attached hydrogens (tertiary/aromatic N) is 2. The number of rotatable bonds is 3. The van der Waals surface area contributed by atoms with E-state index in [-0.39, 0.29) is 17.7 Å². The number of halogens is 1. The zero-order valence-electron chi connectivity index (χ0n) is 16.1. The molecule has 0 aromatic heterocycles. The summed E-state index contributed by atoms with van der Waals surface area (Å²) >= 11 is 7.54. The van der Waals surface area contributed by atoms with Crippen molar-refractivity contribution in [1.29, 1.82) is 0 Å². The molecule has 2 saturated carbocycles. The first kappa shape index (κ1) is 19.8. The molecule has 6 heteroatoms. The Morgan fingerprint density at radius 3 is 2.43 bits per heavy atom. The van der Waals surface area contributed by atoms with E-state index in [0.717, 1.165) is 36.4 Å². The van der Waals surface area contributed by atoms with Crippen LogP contribution in [0.5, 0.6) is 5.75 Å². The number of carbonyl (C=O) groups excluding carboxylic acids is 1. The quantitative estimate of drug-likeness (QED) is 0.614. The Morgan fingerprint density at radius 2 is 1.75 bits per heavy atom. The lowest BCUT2D eigenvalue weighted by molar-refractivity contribution is -0.124. The number of benzene rings is 1. The molecule has 1 aromatic rings. The fraction of sp³-hybridized carbons (Fsp3) is 0.545. The van der Waals surface area contributed by atoms with E-state index in [4.69, 9.17) is 16.6 Å². The maximum absolute atomic E-state index is 13.3. The molecule has 3 aliphatic rings. The highest BCUT2D eigenvalue weighted by molar-refractivity contribution is 8.18. The summed E-state index contributed by atoms with van der Waals surface area (Å²) in [5.41, 5.74) is 0.821. The van der Waals surface area contributed by atoms with Gasteiger partial charge in [0, 0.05) is 6.04 Å². The Balaban J connectivity index is 1.63. The number of aromatic hydroxyl groups is 1. The molecular formula is C22H27ClN2O2S. The van der Waals surface area contributed by atoms with E-state index in [1.807, 2.05) is 11.0 Å². The molecule has 0 atom stereocenters. The third-order valence-corrected chi connectivity index (χ3v) is 7.21. The molecule has 28 heavy (non-hydrogen) atoms. The van der Waals surface area contributed by atoms with Crippen LogP contribution < -0.4 is 0 Å². The molecule has 0 radical (unpaired) electrons. The molecule has 1 amide bonds. The minimum Gasteiger partial charge on any atom is -0.506 e. The first-order valence-corrected chi connectivity index (χ1v) is 11.6. The molecule has 0 spiro atoms. The molecule has 1 heterocycles. The Labute approximate surface area is 176 Å². The number of carbonyl (C=O) groups is 1. The fourth-order valence-corrected chi connectivity index (χ4v) is 5.67. The van der Waals surface area contributed by atoms with E-state index in [1.165, 1.54) is 50.3 Å². The maximum Gasteiger partial charge on any atom is 0.266 e. The van der Waals surface area contributed by atoms with Crippen molar-refractivity contribution >= 4 is 40.5 Å². The summed E-state index contributed by atoms with van der Waals surface area (Å²) < 4.78 is 0. The van der Waals surface area contributed by atoms with Crippen LogP contribution in [0.3, 0.4) is 0 Å². The molecule has 0 unspecified atom stereocenters. The van der Waals surface area contributed by atoms with Gasteiger partial charge < -0.3 is 5.11 Å². The topological polar surface area (TPSA) is 52.9 Å². The van der Waals surface area contributed by atoms with E-state index in [2.05, 4.69) is 0 Å². The van der Waals surface area contributed by atoms with Gasteiger partial charge in [0.05, 0.1) is 16.0 Å². The van der Waals surface area contributed by atoms with Crippen LogP contribution in [-0.4, -0.2) is 33.2 Å². The molecule has 4 nitrogen and oxygen atoms in total. The van der Waals surface area contributed by atoms with Crippen molar-refractivity contribution in [3.05, 3.63) is 33.7 Å². The highest BCUT2D eigenvalue weighted by atomic mass is 35.5. The standard InChI is InChI=1S/C22H27ClN2O2S/c23-18-13-15(11-12-19(18)26)14-20-21(27)25(17-9-5-2-6-10-17)22(28-20)24-16-7-3-1-4-8-16/h11-14,16-17,26H,1-10H2. The second-order valence-corrected chi connectivity index (χ2v) is 9.41. The number of hydrogen-bond acceptors (Lipinski definition) is 4. The van der Waals surface area contributed by atoms with Gasteiger partial charge in [-0.2, -0.15) is 0 Å². The molecule has 1 aliphatic heterocycles. The highest BCUT2D eigenvalue weighted by Crippen LogP contribution is 2.39. The molecule has 0 bridgehead atoms. The molecule has 2 aliphatic carbocycles. The predicted molar refractivity (Wildman–Crippen MR) is 117 cm³/mol. The first-order valence-electron chi connectivity index (χ1n) is 10.4. The number of amidine groups is 1. The van der Waals surface area contributed by atoms with E-state index in [0.29, 0.717) is 16.0 Å². The van der Waals surface area contributed by atoms with E-state index < -0.39 is 0 Å². The van der Waals surface area contributed by atoms with E-state index >= 15 is 0 Å². The monoisotopic (exact) mass is 418 g/mol. The van der Waals surface area contributed by atoms with Gasteiger partial charge in [0.2, 0.25) is 0 Å². The summed E-state index contributed by atoms with van der Waals surface area (Å²) in [6.07, 6.45) is 13.6. The third kappa shape index (κ3) is 4.41. The Morgan fingerprint density at radius 1 is 1.07 bits per heavy atom. The van der Waals surface area contributed by atoms with Gasteiger partial charge in [-0.25, -0.2) is 0 Å². The summed E-state index contributed by atoms with van der Waals surface area (Å²) in [6, 6.07) is 5.65. The molecule has 3 fully saturated rings. The second-order valence-electron chi connectivity index (χ2n) is 7.99. The number of hydrogen-bond donors (Lipinski definition) is 1. The molecule has 1 N–H and O–H groups in total. The molecule has 1 saturated heterocycles. The van der Waals surface area contributed by atoms with Crippen molar-refractivity contribution in [3.63, 3.8) is 0 Å². The maximum atomic E-state index is 13.3. The van der Waals surface area contributed by atoms with Crippen molar-refractivity contribution in [2.24, 2.45) is 4.99 Å². The zero-order chi connectivity index (χ0) is 19.5. The number of thioether (sulfide) groups is 1. The highest BCUT2D eigenvalue weighted by Gasteiger charge is 2.39. The largest absolute Gasteiger partial charge is 0.506 e.